The molecule has 0 radical (unpaired) electrons. The van der Waals surface area contributed by atoms with E-state index in [0.29, 0.717) is 13.0 Å². The molecule has 0 saturated carbocycles. The van der Waals surface area contributed by atoms with Crippen LogP contribution in [0.5, 0.6) is 0 Å². The summed E-state index contributed by atoms with van der Waals surface area (Å²) in [4.78, 5) is 10.6. The number of nitrogens with two attached hydrogens (primary N) is 1. The Bertz CT molecular complexity index is 256. The minimum atomic E-state index is -0.154. The summed E-state index contributed by atoms with van der Waals surface area (Å²) in [5, 5.41) is 7.82. The predicted octanol–water partition coefficient (Wildman–Crippen LogP) is 5.96. The Morgan fingerprint density at radius 1 is 0.840 bits per heavy atom. The van der Waals surface area contributed by atoms with Crippen molar-refractivity contribution in [1.29, 1.82) is 0 Å². The van der Waals surface area contributed by atoms with E-state index >= 15 is 0 Å². The number of hydrogen-bond acceptors (Lipinski definition) is 3. The van der Waals surface area contributed by atoms with E-state index in [2.05, 4.69) is 13.8 Å². The minimum absolute atomic E-state index is 0.154. The molecule has 0 aliphatic carbocycles. The molecule has 0 spiro atoms. The van der Waals surface area contributed by atoms with Gasteiger partial charge < -0.3 is 10.9 Å². The van der Waals surface area contributed by atoms with E-state index in [1.807, 2.05) is 12.4 Å². The molecule has 0 aromatic rings. The van der Waals surface area contributed by atoms with Crippen LogP contribution in [-0.4, -0.2) is 17.7 Å². The van der Waals surface area contributed by atoms with Gasteiger partial charge in [-0.05, 0) is 18.8 Å². The Kier molecular flexibility index (Phi) is 24.9. The Morgan fingerprint density at radius 3 is 1.52 bits per heavy atom. The van der Waals surface area contributed by atoms with E-state index in [9.17, 15) is 4.79 Å². The predicted molar refractivity (Wildman–Crippen MR) is 109 cm³/mol. The summed E-state index contributed by atoms with van der Waals surface area (Å²) in [5.74, 6) is 0.719. The Morgan fingerprint density at radius 2 is 1.24 bits per heavy atom. The molecule has 4 heteroatoms. The normalized spacial score (nSPS) is 10.6. The minimum Gasteiger partial charge on any atom is -0.370 e. The second-order valence-electron chi connectivity index (χ2n) is 7.55. The van der Waals surface area contributed by atoms with Crippen molar-refractivity contribution < 1.29 is 10.0 Å². The second kappa shape index (κ2) is 23.4. The highest BCUT2D eigenvalue weighted by molar-refractivity contribution is 5.73. The molecule has 0 heterocycles. The fourth-order valence-corrected chi connectivity index (χ4v) is 2.73. The largest absolute Gasteiger partial charge is 0.370 e. The second-order valence-corrected chi connectivity index (χ2v) is 7.55. The van der Waals surface area contributed by atoms with Gasteiger partial charge in [-0.2, -0.15) is 0 Å². The summed E-state index contributed by atoms with van der Waals surface area (Å²) in [5.41, 5.74) is 7.12. The molecule has 0 aromatic carbocycles. The lowest BCUT2D eigenvalue weighted by atomic mass is 10.0. The third kappa shape index (κ3) is 31.6. The lowest BCUT2D eigenvalue weighted by Crippen LogP contribution is -2.09. The molecule has 0 atom stereocenters. The summed E-state index contributed by atoms with van der Waals surface area (Å²) in [6, 6.07) is 0. The van der Waals surface area contributed by atoms with Gasteiger partial charge in [0.15, 0.2) is 0 Å². The highest BCUT2D eigenvalue weighted by atomic mass is 16.5. The van der Waals surface area contributed by atoms with Crippen LogP contribution in [0.25, 0.3) is 0 Å². The van der Waals surface area contributed by atoms with Gasteiger partial charge >= 0.3 is 0 Å². The monoisotopic (exact) mass is 358 g/mol. The Labute approximate surface area is 157 Å². The standard InChI is InChI=1S/C18H37NO.C3H9NO/c1-17(2)15-13-11-9-7-5-3-4-6-8-10-12-14-16-18(19)20;1-2-3-4-5/h17H,3-16H2,1-2H3,(H2,19,20);4-5H,2-3H2,1H3. The first-order chi connectivity index (χ1) is 12.0. The van der Waals surface area contributed by atoms with Gasteiger partial charge in [-0.25, -0.2) is 5.48 Å². The molecule has 4 nitrogen and oxygen atoms in total. The highest BCUT2D eigenvalue weighted by Gasteiger charge is 1.96. The number of hydroxylamine groups is 1. The fourth-order valence-electron chi connectivity index (χ4n) is 2.73. The number of carbonyl (C=O) groups excluding carboxylic acids is 1. The summed E-state index contributed by atoms with van der Waals surface area (Å²) >= 11 is 0. The van der Waals surface area contributed by atoms with Crippen molar-refractivity contribution in [2.45, 2.75) is 117 Å². The van der Waals surface area contributed by atoms with E-state index in [1.54, 1.807) is 0 Å². The molecular weight excluding hydrogens is 312 g/mol. The molecule has 4 N–H and O–H groups in total. The average Bonchev–Trinajstić information content (AvgIpc) is 2.56. The number of unbranched alkanes of at least 4 members (excludes halogenated alkanes) is 11. The van der Waals surface area contributed by atoms with Gasteiger partial charge in [0.25, 0.3) is 0 Å². The molecule has 25 heavy (non-hydrogen) atoms. The number of rotatable bonds is 17. The van der Waals surface area contributed by atoms with Gasteiger partial charge in [0, 0.05) is 13.0 Å². The summed E-state index contributed by atoms with van der Waals surface area (Å²) in [6.07, 6.45) is 19.0. The maximum atomic E-state index is 10.6. The topological polar surface area (TPSA) is 75.4 Å². The number of carbonyl (C=O) groups is 1. The van der Waals surface area contributed by atoms with Crippen LogP contribution < -0.4 is 11.2 Å². The molecule has 0 rings (SSSR count). The van der Waals surface area contributed by atoms with Crippen molar-refractivity contribution in [2.24, 2.45) is 11.7 Å². The van der Waals surface area contributed by atoms with E-state index < -0.39 is 0 Å². The Balaban J connectivity index is 0. The number of hydrogen-bond donors (Lipinski definition) is 3. The average molecular weight is 359 g/mol. The molecule has 0 bridgehead atoms. The van der Waals surface area contributed by atoms with Crippen LogP contribution in [0, 0.1) is 5.92 Å². The molecule has 0 aliphatic rings. The van der Waals surface area contributed by atoms with Crippen molar-refractivity contribution in [3.63, 3.8) is 0 Å². The first-order valence-electron chi connectivity index (χ1n) is 10.7. The van der Waals surface area contributed by atoms with Crippen molar-refractivity contribution in [1.82, 2.24) is 5.48 Å². The number of primary amides is 1. The molecule has 0 fully saturated rings. The molecule has 1 amide bonds. The lowest BCUT2D eigenvalue weighted by Gasteiger charge is -2.04. The van der Waals surface area contributed by atoms with Gasteiger partial charge in [0.2, 0.25) is 5.91 Å². The Hall–Kier alpha value is -0.610. The van der Waals surface area contributed by atoms with Gasteiger partial charge in [-0.15, -0.1) is 0 Å². The van der Waals surface area contributed by atoms with E-state index in [0.717, 1.165) is 18.8 Å². The van der Waals surface area contributed by atoms with Crippen molar-refractivity contribution in [3.8, 4) is 0 Å². The molecule has 0 aliphatic heterocycles. The van der Waals surface area contributed by atoms with Crippen LogP contribution in [0.15, 0.2) is 0 Å². The summed E-state index contributed by atoms with van der Waals surface area (Å²) in [7, 11) is 0. The highest BCUT2D eigenvalue weighted by Crippen LogP contribution is 2.14. The third-order valence-corrected chi connectivity index (χ3v) is 4.32. The quantitative estimate of drug-likeness (QED) is 0.222. The van der Waals surface area contributed by atoms with E-state index in [4.69, 9.17) is 10.9 Å². The van der Waals surface area contributed by atoms with E-state index in [-0.39, 0.29) is 5.91 Å². The van der Waals surface area contributed by atoms with Crippen LogP contribution in [0.3, 0.4) is 0 Å². The first-order valence-corrected chi connectivity index (χ1v) is 10.7. The molecule has 0 unspecified atom stereocenters. The van der Waals surface area contributed by atoms with Crippen molar-refractivity contribution in [3.05, 3.63) is 0 Å². The first kappa shape index (κ1) is 26.6. The van der Waals surface area contributed by atoms with Crippen LogP contribution in [-0.2, 0) is 4.79 Å². The van der Waals surface area contributed by atoms with Gasteiger partial charge in [-0.3, -0.25) is 4.79 Å². The summed E-state index contributed by atoms with van der Waals surface area (Å²) < 4.78 is 0. The number of amides is 1. The maximum absolute atomic E-state index is 10.6. The molecule has 0 aromatic heterocycles. The molecule has 152 valence electrons. The van der Waals surface area contributed by atoms with E-state index in [1.165, 1.54) is 77.0 Å². The van der Waals surface area contributed by atoms with Crippen molar-refractivity contribution in [2.75, 3.05) is 6.54 Å². The van der Waals surface area contributed by atoms with Gasteiger partial charge in [0.05, 0.1) is 0 Å². The third-order valence-electron chi connectivity index (χ3n) is 4.32. The van der Waals surface area contributed by atoms with Crippen LogP contribution >= 0.6 is 0 Å². The molecule has 0 saturated heterocycles. The smallest absolute Gasteiger partial charge is 0.217 e. The maximum Gasteiger partial charge on any atom is 0.217 e. The zero-order valence-electron chi connectivity index (χ0n) is 17.3. The fraction of sp³-hybridized carbons (Fsp3) is 0.952. The van der Waals surface area contributed by atoms with Crippen LogP contribution in [0.1, 0.15) is 117 Å². The summed E-state index contributed by atoms with van der Waals surface area (Å²) in [6.45, 7) is 7.31. The van der Waals surface area contributed by atoms with Gasteiger partial charge in [-0.1, -0.05) is 97.8 Å². The van der Waals surface area contributed by atoms with Crippen molar-refractivity contribution >= 4 is 5.91 Å². The van der Waals surface area contributed by atoms with Crippen LogP contribution in [0.4, 0.5) is 0 Å². The lowest BCUT2D eigenvalue weighted by molar-refractivity contribution is -0.118. The van der Waals surface area contributed by atoms with Crippen LogP contribution in [0.2, 0.25) is 0 Å². The molecular formula is C21H46N2O2. The SMILES string of the molecule is CC(C)CCCCCCCCCCCCCCC(N)=O.CCCNO. The number of nitrogens with one attached hydrogen (secondary N) is 1. The van der Waals surface area contributed by atoms with Gasteiger partial charge in [0.1, 0.15) is 0 Å². The zero-order chi connectivity index (χ0) is 19.2. The zero-order valence-corrected chi connectivity index (χ0v) is 17.3.